The number of benzene rings is 2. The maximum atomic E-state index is 13.0. The van der Waals surface area contributed by atoms with Crippen LogP contribution in [0.15, 0.2) is 47.3 Å². The number of fused-ring (bicyclic) bond motifs is 2. The number of aryl methyl sites for hydroxylation is 1. The first-order valence-corrected chi connectivity index (χ1v) is 12.1. The lowest BCUT2D eigenvalue weighted by molar-refractivity contribution is 0.00551. The average Bonchev–Trinajstić information content (AvgIpc) is 3.45. The molecule has 2 aromatic carbocycles. The number of likely N-dealkylation sites (tertiary alicyclic amines) is 1. The van der Waals surface area contributed by atoms with Crippen LogP contribution in [-0.4, -0.2) is 65.4 Å². The third-order valence-electron chi connectivity index (χ3n) is 7.10. The predicted octanol–water partition coefficient (Wildman–Crippen LogP) is 2.28. The first-order valence-electron chi connectivity index (χ1n) is 12.1. The van der Waals surface area contributed by atoms with Gasteiger partial charge in [-0.15, -0.1) is 0 Å². The van der Waals surface area contributed by atoms with Crippen LogP contribution in [0.4, 0.5) is 0 Å². The van der Waals surface area contributed by atoms with Gasteiger partial charge in [-0.2, -0.15) is 0 Å². The summed E-state index contributed by atoms with van der Waals surface area (Å²) in [4.78, 5) is 28.3. The maximum Gasteiger partial charge on any atom is 0.329 e. The lowest BCUT2D eigenvalue weighted by Crippen LogP contribution is -2.55. The largest absolute Gasteiger partial charge is 0.492 e. The van der Waals surface area contributed by atoms with Gasteiger partial charge in [-0.25, -0.2) is 4.79 Å². The van der Waals surface area contributed by atoms with Crippen LogP contribution in [0.25, 0.3) is 11.0 Å². The Hall–Kier alpha value is -3.10. The number of methoxy groups -OCH3 is 1. The summed E-state index contributed by atoms with van der Waals surface area (Å²) in [7, 11) is 1.69. The van der Waals surface area contributed by atoms with Crippen LogP contribution in [0.2, 0.25) is 0 Å². The molecule has 1 aromatic heterocycles. The smallest absolute Gasteiger partial charge is 0.329 e. The summed E-state index contributed by atoms with van der Waals surface area (Å²) in [5, 5.41) is 3.18. The number of hydrogen-bond donors (Lipinski definition) is 1. The minimum absolute atomic E-state index is 0.0340. The number of rotatable bonds is 7. The zero-order chi connectivity index (χ0) is 23.7. The van der Waals surface area contributed by atoms with Crippen molar-refractivity contribution in [1.82, 2.24) is 19.4 Å². The van der Waals surface area contributed by atoms with Gasteiger partial charge in [0.15, 0.2) is 0 Å². The van der Waals surface area contributed by atoms with Gasteiger partial charge in [-0.05, 0) is 37.1 Å². The van der Waals surface area contributed by atoms with E-state index in [4.69, 9.17) is 9.47 Å². The second-order valence-corrected chi connectivity index (χ2v) is 9.00. The fourth-order valence-electron chi connectivity index (χ4n) is 5.26. The van der Waals surface area contributed by atoms with Crippen molar-refractivity contribution in [1.29, 1.82) is 0 Å². The lowest BCUT2D eigenvalue weighted by Gasteiger charge is -2.38. The highest BCUT2D eigenvalue weighted by atomic mass is 16.5. The number of ether oxygens (including phenoxy) is 2. The molecule has 0 radical (unpaired) electrons. The van der Waals surface area contributed by atoms with Crippen molar-refractivity contribution < 1.29 is 14.3 Å². The van der Waals surface area contributed by atoms with E-state index in [0.29, 0.717) is 37.6 Å². The fourth-order valence-corrected chi connectivity index (χ4v) is 5.26. The van der Waals surface area contributed by atoms with Crippen molar-refractivity contribution in [2.24, 2.45) is 0 Å². The molecule has 34 heavy (non-hydrogen) atoms. The Morgan fingerprint density at radius 3 is 2.68 bits per heavy atom. The van der Waals surface area contributed by atoms with Crippen molar-refractivity contribution in [3.63, 3.8) is 0 Å². The van der Waals surface area contributed by atoms with E-state index in [-0.39, 0.29) is 23.7 Å². The molecule has 1 fully saturated rings. The lowest BCUT2D eigenvalue weighted by atomic mass is 10.0. The van der Waals surface area contributed by atoms with E-state index in [1.165, 1.54) is 0 Å². The van der Waals surface area contributed by atoms with Crippen molar-refractivity contribution >= 4 is 16.9 Å². The molecule has 0 aliphatic carbocycles. The number of nitrogens with zero attached hydrogens (tertiary/aromatic N) is 3. The Morgan fingerprint density at radius 1 is 1.12 bits per heavy atom. The monoisotopic (exact) mass is 464 g/mol. The molecule has 5 rings (SSSR count). The van der Waals surface area contributed by atoms with Gasteiger partial charge in [-0.1, -0.05) is 24.3 Å². The Kier molecular flexibility index (Phi) is 6.43. The summed E-state index contributed by atoms with van der Waals surface area (Å²) in [5.41, 5.74) is 3.66. The highest BCUT2D eigenvalue weighted by Crippen LogP contribution is 2.29. The summed E-state index contributed by atoms with van der Waals surface area (Å²) in [6.07, 6.45) is 1.51. The van der Waals surface area contributed by atoms with Crippen LogP contribution in [0.1, 0.15) is 29.3 Å². The fraction of sp³-hybridized carbons (Fsp3) is 0.462. The number of para-hydroxylation sites is 3. The van der Waals surface area contributed by atoms with Crippen molar-refractivity contribution in [3.05, 3.63) is 64.1 Å². The summed E-state index contributed by atoms with van der Waals surface area (Å²) in [6.45, 7) is 6.17. The molecule has 2 aliphatic rings. The molecule has 0 bridgehead atoms. The minimum Gasteiger partial charge on any atom is -0.492 e. The zero-order valence-electron chi connectivity index (χ0n) is 19.8. The van der Waals surface area contributed by atoms with Gasteiger partial charge in [-0.3, -0.25) is 18.8 Å². The molecule has 0 saturated carbocycles. The minimum atomic E-state index is -0.121. The first-order chi connectivity index (χ1) is 16.6. The third kappa shape index (κ3) is 4.12. The quantitative estimate of drug-likeness (QED) is 0.581. The average molecular weight is 465 g/mol. The number of nitrogens with one attached hydrogen (secondary N) is 1. The van der Waals surface area contributed by atoms with Gasteiger partial charge in [0.1, 0.15) is 5.75 Å². The molecule has 2 aliphatic heterocycles. The molecule has 8 nitrogen and oxygen atoms in total. The van der Waals surface area contributed by atoms with Gasteiger partial charge >= 0.3 is 5.69 Å². The van der Waals surface area contributed by atoms with Gasteiger partial charge in [0.05, 0.1) is 35.3 Å². The van der Waals surface area contributed by atoms with Crippen LogP contribution in [-0.2, 0) is 24.2 Å². The Morgan fingerprint density at radius 2 is 1.91 bits per heavy atom. The molecule has 2 atom stereocenters. The topological polar surface area (TPSA) is 77.7 Å². The van der Waals surface area contributed by atoms with Crippen molar-refractivity contribution in [2.45, 2.75) is 45.0 Å². The Balaban J connectivity index is 1.24. The van der Waals surface area contributed by atoms with Gasteiger partial charge in [0, 0.05) is 46.3 Å². The molecular formula is C26H32N4O4. The van der Waals surface area contributed by atoms with Crippen LogP contribution < -0.4 is 15.7 Å². The molecule has 3 heterocycles. The molecular weight excluding hydrogens is 432 g/mol. The number of amides is 1. The molecule has 1 saturated heterocycles. The van der Waals surface area contributed by atoms with E-state index in [9.17, 15) is 9.59 Å². The number of piperidine rings is 1. The molecule has 2 unspecified atom stereocenters. The highest BCUT2D eigenvalue weighted by molar-refractivity contribution is 5.97. The van der Waals surface area contributed by atoms with Crippen LogP contribution in [0.5, 0.6) is 5.75 Å². The van der Waals surface area contributed by atoms with E-state index in [1.807, 2.05) is 58.5 Å². The van der Waals surface area contributed by atoms with Gasteiger partial charge in [0.2, 0.25) is 0 Å². The van der Waals surface area contributed by atoms with E-state index in [2.05, 4.69) is 10.2 Å². The normalized spacial score (nSPS) is 20.3. The van der Waals surface area contributed by atoms with Gasteiger partial charge in [0.25, 0.3) is 5.91 Å². The zero-order valence-corrected chi connectivity index (χ0v) is 19.8. The SMILES string of the molecule is CCn1c(=O)n(CCN2CCC(NC(=O)c3cccc4c3OCC4)C(OC)C2)c2ccccc21. The standard InChI is InChI=1S/C26H32N4O4/c1-3-29-21-9-4-5-10-22(21)30(26(29)32)15-14-28-13-11-20(23(17-28)33-2)27-25(31)19-8-6-7-18-12-16-34-24(18)19/h4-10,20,23H,3,11-17H2,1-2H3,(H,27,31). The summed E-state index contributed by atoms with van der Waals surface area (Å²) >= 11 is 0. The molecule has 1 N–H and O–H groups in total. The van der Waals surface area contributed by atoms with E-state index >= 15 is 0 Å². The van der Waals surface area contributed by atoms with Crippen LogP contribution in [0.3, 0.4) is 0 Å². The van der Waals surface area contributed by atoms with Crippen LogP contribution >= 0.6 is 0 Å². The van der Waals surface area contributed by atoms with Crippen molar-refractivity contribution in [2.75, 3.05) is 33.4 Å². The van der Waals surface area contributed by atoms with E-state index in [0.717, 1.165) is 42.5 Å². The van der Waals surface area contributed by atoms with Crippen molar-refractivity contribution in [3.8, 4) is 5.75 Å². The molecule has 180 valence electrons. The Labute approximate surface area is 199 Å². The highest BCUT2D eigenvalue weighted by Gasteiger charge is 2.32. The molecule has 0 spiro atoms. The summed E-state index contributed by atoms with van der Waals surface area (Å²) in [6, 6.07) is 13.6. The second kappa shape index (κ2) is 9.64. The van der Waals surface area contributed by atoms with Crippen LogP contribution in [0, 0.1) is 0 Å². The number of aromatic nitrogens is 2. The number of hydrogen-bond acceptors (Lipinski definition) is 5. The maximum absolute atomic E-state index is 13.0. The van der Waals surface area contributed by atoms with E-state index in [1.54, 1.807) is 7.11 Å². The molecule has 8 heteroatoms. The summed E-state index contributed by atoms with van der Waals surface area (Å²) < 4.78 is 15.2. The number of carbonyl (C=O) groups is 1. The third-order valence-corrected chi connectivity index (χ3v) is 7.10. The number of carbonyl (C=O) groups excluding carboxylic acids is 1. The number of imidazole rings is 1. The summed E-state index contributed by atoms with van der Waals surface area (Å²) in [5.74, 6) is 0.598. The molecule has 1 amide bonds. The Bertz CT molecular complexity index is 1250. The predicted molar refractivity (Wildman–Crippen MR) is 131 cm³/mol. The second-order valence-electron chi connectivity index (χ2n) is 9.00. The van der Waals surface area contributed by atoms with E-state index < -0.39 is 0 Å². The van der Waals surface area contributed by atoms with Gasteiger partial charge < -0.3 is 14.8 Å². The first kappa shape index (κ1) is 22.7. The molecule has 3 aromatic rings.